The van der Waals surface area contributed by atoms with Crippen molar-refractivity contribution in [2.24, 2.45) is 10.4 Å². The predicted molar refractivity (Wildman–Crippen MR) is 105 cm³/mol. The zero-order valence-electron chi connectivity index (χ0n) is 15.7. The fourth-order valence-electron chi connectivity index (χ4n) is 2.83. The lowest BCUT2D eigenvalue weighted by Gasteiger charge is -2.25. The Morgan fingerprint density at radius 3 is 2.52 bits per heavy atom. The van der Waals surface area contributed by atoms with Crippen molar-refractivity contribution >= 4 is 22.6 Å². The highest BCUT2D eigenvalue weighted by Crippen LogP contribution is 2.24. The molecule has 5 nitrogen and oxygen atoms in total. The number of rotatable bonds is 5. The van der Waals surface area contributed by atoms with Gasteiger partial charge in [0.15, 0.2) is 5.96 Å². The summed E-state index contributed by atoms with van der Waals surface area (Å²) in [5.41, 5.74) is 0.696. The third-order valence-electron chi connectivity index (χ3n) is 4.41. The third kappa shape index (κ3) is 4.50. The molecule has 0 aliphatic heterocycles. The molecule has 0 radical (unpaired) electrons. The maximum atomic E-state index is 11.9. The highest BCUT2D eigenvalue weighted by molar-refractivity contribution is 5.87. The molecule has 0 aliphatic carbocycles. The van der Waals surface area contributed by atoms with Gasteiger partial charge in [0, 0.05) is 20.6 Å². The first kappa shape index (κ1) is 18.8. The summed E-state index contributed by atoms with van der Waals surface area (Å²) in [6.45, 7) is 6.41. The summed E-state index contributed by atoms with van der Waals surface area (Å²) in [6.07, 6.45) is 0. The van der Waals surface area contributed by atoms with Crippen molar-refractivity contribution in [3.05, 3.63) is 48.0 Å². The molecule has 0 fully saturated rings. The lowest BCUT2D eigenvalue weighted by molar-refractivity contribution is -0.128. The molecule has 3 N–H and O–H groups in total. The molecule has 5 heteroatoms. The number of nitrogens with one attached hydrogen (secondary N) is 3. The molecule has 0 bridgehead atoms. The molecule has 0 aromatic heterocycles. The maximum Gasteiger partial charge on any atom is 0.227 e. The van der Waals surface area contributed by atoms with E-state index in [4.69, 9.17) is 0 Å². The number of amides is 1. The van der Waals surface area contributed by atoms with E-state index in [1.165, 1.54) is 16.3 Å². The normalized spacial score (nSPS) is 13.4. The monoisotopic (exact) mass is 340 g/mol. The molecule has 0 spiro atoms. The maximum absolute atomic E-state index is 11.9. The first-order chi connectivity index (χ1) is 11.9. The summed E-state index contributed by atoms with van der Waals surface area (Å²) in [6, 6.07) is 14.7. The SMILES string of the molecule is CN=C(NCC(C)(C)C(=O)NC)NC(C)c1cccc2ccccc12. The van der Waals surface area contributed by atoms with Crippen LogP contribution in [0.2, 0.25) is 0 Å². The Bertz CT molecular complexity index is 762. The Labute approximate surface area is 149 Å². The fourth-order valence-corrected chi connectivity index (χ4v) is 2.83. The van der Waals surface area contributed by atoms with Crippen molar-refractivity contribution in [3.8, 4) is 0 Å². The lowest BCUT2D eigenvalue weighted by Crippen LogP contribution is -2.47. The fraction of sp³-hybridized carbons (Fsp3) is 0.400. The molecule has 25 heavy (non-hydrogen) atoms. The molecule has 2 rings (SSSR count). The van der Waals surface area contributed by atoms with Crippen molar-refractivity contribution in [2.75, 3.05) is 20.6 Å². The number of aliphatic imine (C=N–C) groups is 1. The van der Waals surface area contributed by atoms with Gasteiger partial charge in [0.25, 0.3) is 0 Å². The largest absolute Gasteiger partial charge is 0.359 e. The van der Waals surface area contributed by atoms with Gasteiger partial charge in [-0.2, -0.15) is 0 Å². The van der Waals surface area contributed by atoms with Crippen molar-refractivity contribution in [1.82, 2.24) is 16.0 Å². The zero-order valence-corrected chi connectivity index (χ0v) is 15.7. The molecular formula is C20H28N4O. The van der Waals surface area contributed by atoms with Crippen LogP contribution in [0.5, 0.6) is 0 Å². The van der Waals surface area contributed by atoms with Gasteiger partial charge in [0.2, 0.25) is 5.91 Å². The molecule has 1 amide bonds. The smallest absolute Gasteiger partial charge is 0.227 e. The van der Waals surface area contributed by atoms with Crippen LogP contribution in [0.1, 0.15) is 32.4 Å². The number of carbonyl (C=O) groups excluding carboxylic acids is 1. The zero-order chi connectivity index (χ0) is 18.4. The lowest BCUT2D eigenvalue weighted by atomic mass is 9.92. The molecule has 0 saturated heterocycles. The second-order valence-corrected chi connectivity index (χ2v) is 6.82. The van der Waals surface area contributed by atoms with Crippen molar-refractivity contribution < 1.29 is 4.79 Å². The van der Waals surface area contributed by atoms with E-state index in [2.05, 4.69) is 64.3 Å². The number of nitrogens with zero attached hydrogens (tertiary/aromatic N) is 1. The standard InChI is InChI=1S/C20H28N4O/c1-14(16-12-8-10-15-9-6-7-11-17(15)16)24-19(22-5)23-13-20(2,3)18(25)21-4/h6-12,14H,13H2,1-5H3,(H,21,25)(H2,22,23,24). The highest BCUT2D eigenvalue weighted by atomic mass is 16.2. The molecule has 1 unspecified atom stereocenters. The molecular weight excluding hydrogens is 312 g/mol. The van der Waals surface area contributed by atoms with Crippen LogP contribution in [0.3, 0.4) is 0 Å². The summed E-state index contributed by atoms with van der Waals surface area (Å²) in [7, 11) is 3.39. The summed E-state index contributed by atoms with van der Waals surface area (Å²) in [5.74, 6) is 0.676. The van der Waals surface area contributed by atoms with E-state index in [0.29, 0.717) is 12.5 Å². The molecule has 0 heterocycles. The molecule has 0 aliphatic rings. The summed E-state index contributed by atoms with van der Waals surface area (Å²) in [5, 5.41) is 11.8. The van der Waals surface area contributed by atoms with Crippen LogP contribution < -0.4 is 16.0 Å². The van der Waals surface area contributed by atoms with Gasteiger partial charge in [-0.3, -0.25) is 9.79 Å². The van der Waals surface area contributed by atoms with Gasteiger partial charge in [-0.15, -0.1) is 0 Å². The Morgan fingerprint density at radius 2 is 1.84 bits per heavy atom. The van der Waals surface area contributed by atoms with Gasteiger partial charge in [-0.25, -0.2) is 0 Å². The first-order valence-corrected chi connectivity index (χ1v) is 8.56. The van der Waals surface area contributed by atoms with E-state index >= 15 is 0 Å². The van der Waals surface area contributed by atoms with Crippen LogP contribution in [0.25, 0.3) is 10.8 Å². The average molecular weight is 340 g/mol. The van der Waals surface area contributed by atoms with E-state index in [9.17, 15) is 4.79 Å². The second kappa shape index (κ2) is 8.01. The van der Waals surface area contributed by atoms with Gasteiger partial charge in [-0.05, 0) is 37.1 Å². The average Bonchev–Trinajstić information content (AvgIpc) is 2.63. The van der Waals surface area contributed by atoms with E-state index in [-0.39, 0.29) is 11.9 Å². The molecule has 2 aromatic carbocycles. The molecule has 1 atom stereocenters. The van der Waals surface area contributed by atoms with Crippen LogP contribution in [0, 0.1) is 5.41 Å². The van der Waals surface area contributed by atoms with Crippen LogP contribution >= 0.6 is 0 Å². The summed E-state index contributed by atoms with van der Waals surface area (Å²) >= 11 is 0. The predicted octanol–water partition coefficient (Wildman–Crippen LogP) is 2.84. The second-order valence-electron chi connectivity index (χ2n) is 6.82. The highest BCUT2D eigenvalue weighted by Gasteiger charge is 2.26. The Hall–Kier alpha value is -2.56. The number of fused-ring (bicyclic) bond motifs is 1. The van der Waals surface area contributed by atoms with Gasteiger partial charge in [0.1, 0.15) is 0 Å². The van der Waals surface area contributed by atoms with Crippen molar-refractivity contribution in [1.29, 1.82) is 0 Å². The van der Waals surface area contributed by atoms with Crippen molar-refractivity contribution in [2.45, 2.75) is 26.8 Å². The minimum atomic E-state index is -0.519. The topological polar surface area (TPSA) is 65.5 Å². The van der Waals surface area contributed by atoms with E-state index in [0.717, 1.165) is 0 Å². The van der Waals surface area contributed by atoms with E-state index < -0.39 is 5.41 Å². The number of hydrogen-bond acceptors (Lipinski definition) is 2. The Morgan fingerprint density at radius 1 is 1.16 bits per heavy atom. The van der Waals surface area contributed by atoms with Gasteiger partial charge in [0.05, 0.1) is 11.5 Å². The van der Waals surface area contributed by atoms with Crippen LogP contribution in [0.15, 0.2) is 47.5 Å². The third-order valence-corrected chi connectivity index (χ3v) is 4.41. The molecule has 134 valence electrons. The first-order valence-electron chi connectivity index (χ1n) is 8.56. The minimum Gasteiger partial charge on any atom is -0.359 e. The van der Waals surface area contributed by atoms with Gasteiger partial charge < -0.3 is 16.0 Å². The van der Waals surface area contributed by atoms with Crippen LogP contribution in [-0.2, 0) is 4.79 Å². The Kier molecular flexibility index (Phi) is 6.02. The van der Waals surface area contributed by atoms with Crippen molar-refractivity contribution in [3.63, 3.8) is 0 Å². The summed E-state index contributed by atoms with van der Waals surface area (Å²) in [4.78, 5) is 16.2. The number of guanidine groups is 1. The van der Waals surface area contributed by atoms with Gasteiger partial charge in [-0.1, -0.05) is 42.5 Å². The Balaban J connectivity index is 2.10. The number of hydrogen-bond donors (Lipinski definition) is 3. The van der Waals surface area contributed by atoms with E-state index in [1.807, 2.05) is 19.9 Å². The quantitative estimate of drug-likeness (QED) is 0.579. The van der Waals surface area contributed by atoms with E-state index in [1.54, 1.807) is 14.1 Å². The summed E-state index contributed by atoms with van der Waals surface area (Å²) < 4.78 is 0. The minimum absolute atomic E-state index is 0.00226. The van der Waals surface area contributed by atoms with Crippen LogP contribution in [0.4, 0.5) is 0 Å². The van der Waals surface area contributed by atoms with Crippen LogP contribution in [-0.4, -0.2) is 32.5 Å². The number of carbonyl (C=O) groups is 1. The molecule has 2 aromatic rings. The molecule has 0 saturated carbocycles. The van der Waals surface area contributed by atoms with Gasteiger partial charge >= 0.3 is 0 Å². The number of benzene rings is 2.